The molecule has 0 radical (unpaired) electrons. The molecule has 19 heavy (non-hydrogen) atoms. The molecule has 0 aromatic carbocycles. The molecule has 1 N–H and O–H groups in total. The summed E-state index contributed by atoms with van der Waals surface area (Å²) < 4.78 is 0.722. The molecule has 0 aliphatic carbocycles. The number of thiophene rings is 1. The molecular formula is C13H17N3OS2. The smallest absolute Gasteiger partial charge is 0.268 e. The van der Waals surface area contributed by atoms with Gasteiger partial charge in [0.05, 0.1) is 12.1 Å². The molecule has 0 spiro atoms. The van der Waals surface area contributed by atoms with E-state index < -0.39 is 0 Å². The minimum absolute atomic E-state index is 0.0120. The van der Waals surface area contributed by atoms with Crippen LogP contribution in [-0.2, 0) is 6.54 Å². The molecule has 2 unspecified atom stereocenters. The molecular weight excluding hydrogens is 278 g/mol. The Morgan fingerprint density at radius 2 is 2.37 bits per heavy atom. The van der Waals surface area contributed by atoms with E-state index in [2.05, 4.69) is 28.7 Å². The lowest BCUT2D eigenvalue weighted by atomic mass is 10.2. The van der Waals surface area contributed by atoms with Crippen LogP contribution in [0.3, 0.4) is 0 Å². The van der Waals surface area contributed by atoms with Crippen LogP contribution >= 0.6 is 23.1 Å². The second-order valence-electron chi connectivity index (χ2n) is 4.93. The van der Waals surface area contributed by atoms with Gasteiger partial charge in [-0.1, -0.05) is 6.92 Å². The van der Waals surface area contributed by atoms with Crippen molar-refractivity contribution in [1.82, 2.24) is 14.9 Å². The molecule has 2 aromatic heterocycles. The Bertz CT molecular complexity index is 636. The van der Waals surface area contributed by atoms with Crippen LogP contribution in [0.5, 0.6) is 0 Å². The van der Waals surface area contributed by atoms with Crippen molar-refractivity contribution in [3.63, 3.8) is 0 Å². The Labute approximate surface area is 120 Å². The summed E-state index contributed by atoms with van der Waals surface area (Å²) in [7, 11) is 0. The fourth-order valence-corrected chi connectivity index (χ4v) is 4.30. The first kappa shape index (κ1) is 13.1. The third kappa shape index (κ3) is 2.57. The SMILES string of the molecule is CC1SCCN(Cc2nc3ccsc3c(=O)[nH]2)C1C. The molecule has 0 bridgehead atoms. The molecule has 1 saturated heterocycles. The van der Waals surface area contributed by atoms with E-state index in [1.54, 1.807) is 0 Å². The van der Waals surface area contributed by atoms with Gasteiger partial charge in [0, 0.05) is 23.6 Å². The summed E-state index contributed by atoms with van der Waals surface area (Å²) in [5.41, 5.74) is 0.804. The molecule has 4 nitrogen and oxygen atoms in total. The van der Waals surface area contributed by atoms with Gasteiger partial charge in [0.15, 0.2) is 0 Å². The summed E-state index contributed by atoms with van der Waals surface area (Å²) in [6, 6.07) is 2.43. The second-order valence-corrected chi connectivity index (χ2v) is 7.34. The van der Waals surface area contributed by atoms with Gasteiger partial charge in [-0.15, -0.1) is 11.3 Å². The van der Waals surface area contributed by atoms with Crippen LogP contribution in [-0.4, -0.2) is 38.5 Å². The number of aromatic amines is 1. The number of rotatable bonds is 2. The molecule has 2 atom stereocenters. The second kappa shape index (κ2) is 5.26. The van der Waals surface area contributed by atoms with Gasteiger partial charge in [-0.05, 0) is 18.4 Å². The van der Waals surface area contributed by atoms with Crippen molar-refractivity contribution in [2.75, 3.05) is 12.3 Å². The zero-order valence-corrected chi connectivity index (χ0v) is 12.7. The lowest BCUT2D eigenvalue weighted by Gasteiger charge is -2.37. The lowest BCUT2D eigenvalue weighted by molar-refractivity contribution is 0.199. The lowest BCUT2D eigenvalue weighted by Crippen LogP contribution is -2.44. The zero-order chi connectivity index (χ0) is 13.4. The number of hydrogen-bond acceptors (Lipinski definition) is 5. The van der Waals surface area contributed by atoms with Crippen molar-refractivity contribution < 1.29 is 0 Å². The van der Waals surface area contributed by atoms with E-state index in [1.165, 1.54) is 11.3 Å². The van der Waals surface area contributed by atoms with Gasteiger partial charge in [0.1, 0.15) is 10.5 Å². The Morgan fingerprint density at radius 1 is 1.53 bits per heavy atom. The third-order valence-corrected chi connectivity index (χ3v) is 5.97. The van der Waals surface area contributed by atoms with E-state index in [0.717, 1.165) is 34.9 Å². The van der Waals surface area contributed by atoms with Crippen LogP contribution in [0.2, 0.25) is 0 Å². The normalized spacial score (nSPS) is 24.9. The first-order chi connectivity index (χ1) is 9.15. The minimum atomic E-state index is -0.0120. The van der Waals surface area contributed by atoms with Crippen LogP contribution < -0.4 is 5.56 Å². The number of hydrogen-bond donors (Lipinski definition) is 1. The number of fused-ring (bicyclic) bond motifs is 1. The predicted octanol–water partition coefficient (Wildman–Crippen LogP) is 2.31. The fraction of sp³-hybridized carbons (Fsp3) is 0.538. The Morgan fingerprint density at radius 3 is 3.21 bits per heavy atom. The van der Waals surface area contributed by atoms with E-state index in [9.17, 15) is 4.79 Å². The maximum absolute atomic E-state index is 11.9. The molecule has 0 saturated carbocycles. The highest BCUT2D eigenvalue weighted by Gasteiger charge is 2.25. The summed E-state index contributed by atoms with van der Waals surface area (Å²) in [5.74, 6) is 1.93. The fourth-order valence-electron chi connectivity index (χ4n) is 2.41. The van der Waals surface area contributed by atoms with Crippen molar-refractivity contribution in [1.29, 1.82) is 0 Å². The Balaban J connectivity index is 1.86. The van der Waals surface area contributed by atoms with Gasteiger partial charge in [-0.25, -0.2) is 4.98 Å². The summed E-state index contributed by atoms with van der Waals surface area (Å²) in [4.78, 5) is 21.8. The summed E-state index contributed by atoms with van der Waals surface area (Å²) in [5, 5.41) is 2.55. The van der Waals surface area contributed by atoms with Gasteiger partial charge in [-0.3, -0.25) is 9.69 Å². The summed E-state index contributed by atoms with van der Waals surface area (Å²) in [6.45, 7) is 6.30. The maximum Gasteiger partial charge on any atom is 0.268 e. The number of aromatic nitrogens is 2. The van der Waals surface area contributed by atoms with E-state index in [-0.39, 0.29) is 5.56 Å². The average Bonchev–Trinajstić information content (AvgIpc) is 2.84. The van der Waals surface area contributed by atoms with Crippen molar-refractivity contribution in [2.45, 2.75) is 31.7 Å². The minimum Gasteiger partial charge on any atom is -0.308 e. The van der Waals surface area contributed by atoms with Crippen LogP contribution in [0, 0.1) is 0 Å². The van der Waals surface area contributed by atoms with Crippen LogP contribution in [0.1, 0.15) is 19.7 Å². The van der Waals surface area contributed by atoms with E-state index in [4.69, 9.17) is 0 Å². The van der Waals surface area contributed by atoms with Crippen molar-refractivity contribution in [3.8, 4) is 0 Å². The third-order valence-electron chi connectivity index (χ3n) is 3.73. The topological polar surface area (TPSA) is 49.0 Å². The van der Waals surface area contributed by atoms with Crippen molar-refractivity contribution in [2.24, 2.45) is 0 Å². The molecule has 6 heteroatoms. The van der Waals surface area contributed by atoms with Gasteiger partial charge in [0.2, 0.25) is 0 Å². The van der Waals surface area contributed by atoms with Crippen LogP contribution in [0.4, 0.5) is 0 Å². The standard InChI is InChI=1S/C13H17N3OS2/c1-8-9(2)18-6-4-16(8)7-11-14-10-3-5-19-12(10)13(17)15-11/h3,5,8-9H,4,6-7H2,1-2H3,(H,14,15,17). The number of H-pyrrole nitrogens is 1. The monoisotopic (exact) mass is 295 g/mol. The number of nitrogens with zero attached hydrogens (tertiary/aromatic N) is 2. The van der Waals surface area contributed by atoms with E-state index >= 15 is 0 Å². The highest BCUT2D eigenvalue weighted by Crippen LogP contribution is 2.25. The van der Waals surface area contributed by atoms with Crippen LogP contribution in [0.15, 0.2) is 16.2 Å². The summed E-state index contributed by atoms with van der Waals surface area (Å²) >= 11 is 3.46. The zero-order valence-electron chi connectivity index (χ0n) is 11.0. The molecule has 1 fully saturated rings. The molecule has 102 valence electrons. The highest BCUT2D eigenvalue weighted by molar-refractivity contribution is 8.00. The highest BCUT2D eigenvalue weighted by atomic mass is 32.2. The predicted molar refractivity (Wildman–Crippen MR) is 82.0 cm³/mol. The first-order valence-electron chi connectivity index (χ1n) is 6.47. The largest absolute Gasteiger partial charge is 0.308 e. The molecule has 2 aromatic rings. The quantitative estimate of drug-likeness (QED) is 0.923. The molecule has 3 rings (SSSR count). The van der Waals surface area contributed by atoms with Gasteiger partial charge in [-0.2, -0.15) is 11.8 Å². The van der Waals surface area contributed by atoms with Gasteiger partial charge < -0.3 is 4.98 Å². The molecule has 0 amide bonds. The van der Waals surface area contributed by atoms with Gasteiger partial charge >= 0.3 is 0 Å². The Kier molecular flexibility index (Phi) is 3.64. The summed E-state index contributed by atoms with van der Waals surface area (Å²) in [6.07, 6.45) is 0. The number of nitrogens with one attached hydrogen (secondary N) is 1. The van der Waals surface area contributed by atoms with E-state index in [0.29, 0.717) is 11.3 Å². The Hall–Kier alpha value is -0.850. The molecule has 1 aliphatic heterocycles. The van der Waals surface area contributed by atoms with Crippen molar-refractivity contribution in [3.05, 3.63) is 27.6 Å². The molecule has 1 aliphatic rings. The molecule has 3 heterocycles. The number of thioether (sulfide) groups is 1. The first-order valence-corrected chi connectivity index (χ1v) is 8.40. The average molecular weight is 295 g/mol. The maximum atomic E-state index is 11.9. The van der Waals surface area contributed by atoms with Crippen LogP contribution in [0.25, 0.3) is 10.2 Å². The van der Waals surface area contributed by atoms with Gasteiger partial charge in [0.25, 0.3) is 5.56 Å². The van der Waals surface area contributed by atoms with Crippen molar-refractivity contribution >= 4 is 33.3 Å². The van der Waals surface area contributed by atoms with E-state index in [1.807, 2.05) is 23.2 Å².